The zero-order chi connectivity index (χ0) is 11.6. The van der Waals surface area contributed by atoms with Crippen LogP contribution in [0.2, 0.25) is 0 Å². The number of urea groups is 1. The Morgan fingerprint density at radius 3 is 2.47 bits per heavy atom. The van der Waals surface area contributed by atoms with Gasteiger partial charge in [-0.15, -0.1) is 0 Å². The van der Waals surface area contributed by atoms with Crippen LogP contribution < -0.4 is 16.4 Å². The van der Waals surface area contributed by atoms with Crippen LogP contribution in [0.25, 0.3) is 0 Å². The summed E-state index contributed by atoms with van der Waals surface area (Å²) in [6.07, 6.45) is 1.18. The summed E-state index contributed by atoms with van der Waals surface area (Å²) in [5.74, 6) is 0.252. The number of carbonyl (C=O) groups excluding carboxylic acids is 2. The van der Waals surface area contributed by atoms with E-state index >= 15 is 0 Å². The first-order valence-corrected chi connectivity index (χ1v) is 5.16. The number of hydrogen-bond acceptors (Lipinski definition) is 3. The van der Waals surface area contributed by atoms with Crippen LogP contribution in [-0.2, 0) is 4.79 Å². The number of rotatable bonds is 4. The molecule has 15 heavy (non-hydrogen) atoms. The minimum Gasteiger partial charge on any atom is -0.351 e. The van der Waals surface area contributed by atoms with E-state index in [1.165, 1.54) is 6.42 Å². The first kappa shape index (κ1) is 12.0. The fraction of sp³-hybridized carbons (Fsp3) is 0.800. The molecule has 0 aromatic heterocycles. The van der Waals surface area contributed by atoms with Crippen molar-refractivity contribution in [2.24, 2.45) is 17.1 Å². The molecule has 1 aliphatic rings. The molecule has 4 N–H and O–H groups in total. The minimum absolute atomic E-state index is 0.374. The highest BCUT2D eigenvalue weighted by Crippen LogP contribution is 2.50. The Bertz CT molecular complexity index is 276. The average molecular weight is 213 g/mol. The van der Waals surface area contributed by atoms with Crippen LogP contribution in [-0.4, -0.2) is 24.5 Å². The number of primary amides is 1. The number of nitrogens with two attached hydrogens (primary N) is 1. The molecule has 0 aliphatic heterocycles. The van der Waals surface area contributed by atoms with Crippen LogP contribution in [0, 0.1) is 11.3 Å². The van der Waals surface area contributed by atoms with Gasteiger partial charge in [-0.05, 0) is 31.2 Å². The smallest absolute Gasteiger partial charge is 0.318 e. The Balaban J connectivity index is 2.21. The van der Waals surface area contributed by atoms with E-state index in [4.69, 9.17) is 5.73 Å². The maximum absolute atomic E-state index is 11.3. The molecule has 1 aliphatic carbocycles. The molecule has 5 heteroatoms. The molecule has 0 saturated heterocycles. The molecular weight excluding hydrogens is 194 g/mol. The third-order valence-corrected chi connectivity index (χ3v) is 3.03. The van der Waals surface area contributed by atoms with Crippen LogP contribution in [0.1, 0.15) is 27.2 Å². The topological polar surface area (TPSA) is 84.2 Å². The maximum atomic E-state index is 11.3. The molecule has 0 aromatic rings. The van der Waals surface area contributed by atoms with Crippen LogP contribution in [0.5, 0.6) is 0 Å². The molecule has 0 heterocycles. The summed E-state index contributed by atoms with van der Waals surface area (Å²) in [6, 6.07) is -1.19. The SMILES string of the molecule is CC(NCC1CC1(C)C)C(=O)NC(N)=O. The van der Waals surface area contributed by atoms with Crippen LogP contribution in [0.4, 0.5) is 4.79 Å². The van der Waals surface area contributed by atoms with Gasteiger partial charge in [-0.3, -0.25) is 10.1 Å². The second kappa shape index (κ2) is 4.18. The Morgan fingerprint density at radius 2 is 2.07 bits per heavy atom. The van der Waals surface area contributed by atoms with Gasteiger partial charge in [0.15, 0.2) is 0 Å². The Labute approximate surface area is 89.8 Å². The van der Waals surface area contributed by atoms with E-state index < -0.39 is 6.03 Å². The molecule has 0 radical (unpaired) electrons. The van der Waals surface area contributed by atoms with Crippen molar-refractivity contribution >= 4 is 11.9 Å². The zero-order valence-electron chi connectivity index (χ0n) is 9.46. The third kappa shape index (κ3) is 3.51. The fourth-order valence-corrected chi connectivity index (χ4v) is 1.57. The molecule has 0 bridgehead atoms. The Hall–Kier alpha value is -1.10. The van der Waals surface area contributed by atoms with E-state index in [0.29, 0.717) is 11.3 Å². The highest BCUT2D eigenvalue weighted by atomic mass is 16.2. The lowest BCUT2D eigenvalue weighted by molar-refractivity contribution is -0.121. The molecule has 2 atom stereocenters. The van der Waals surface area contributed by atoms with E-state index in [1.807, 2.05) is 5.32 Å². The van der Waals surface area contributed by atoms with Crippen molar-refractivity contribution in [3.05, 3.63) is 0 Å². The number of amides is 3. The predicted molar refractivity (Wildman–Crippen MR) is 57.1 cm³/mol. The zero-order valence-corrected chi connectivity index (χ0v) is 9.46. The van der Waals surface area contributed by atoms with Crippen molar-refractivity contribution in [1.82, 2.24) is 10.6 Å². The van der Waals surface area contributed by atoms with Crippen LogP contribution in [0.3, 0.4) is 0 Å². The largest absolute Gasteiger partial charge is 0.351 e. The summed E-state index contributed by atoms with van der Waals surface area (Å²) in [7, 11) is 0. The predicted octanol–water partition coefficient (Wildman–Crippen LogP) is 0.206. The molecule has 0 aromatic carbocycles. The molecule has 2 unspecified atom stereocenters. The second-order valence-corrected chi connectivity index (χ2v) is 4.87. The van der Waals surface area contributed by atoms with Gasteiger partial charge in [0.1, 0.15) is 0 Å². The lowest BCUT2D eigenvalue weighted by Crippen LogP contribution is -2.47. The third-order valence-electron chi connectivity index (χ3n) is 3.03. The van der Waals surface area contributed by atoms with E-state index in [2.05, 4.69) is 19.2 Å². The number of hydrogen-bond donors (Lipinski definition) is 3. The molecule has 86 valence electrons. The summed E-state index contributed by atoms with van der Waals surface area (Å²) in [5.41, 5.74) is 5.24. The second-order valence-electron chi connectivity index (χ2n) is 4.87. The summed E-state index contributed by atoms with van der Waals surface area (Å²) < 4.78 is 0. The van der Waals surface area contributed by atoms with Gasteiger partial charge in [0, 0.05) is 0 Å². The van der Waals surface area contributed by atoms with Gasteiger partial charge in [0.2, 0.25) is 5.91 Å². The summed E-state index contributed by atoms with van der Waals surface area (Å²) in [5, 5.41) is 5.13. The molecule has 0 spiro atoms. The fourth-order valence-electron chi connectivity index (χ4n) is 1.57. The molecule has 5 nitrogen and oxygen atoms in total. The first-order valence-electron chi connectivity index (χ1n) is 5.16. The van der Waals surface area contributed by atoms with Gasteiger partial charge in [-0.25, -0.2) is 4.79 Å². The van der Waals surface area contributed by atoms with Crippen molar-refractivity contribution in [3.8, 4) is 0 Å². The summed E-state index contributed by atoms with van der Waals surface area (Å²) in [4.78, 5) is 21.7. The van der Waals surface area contributed by atoms with E-state index in [-0.39, 0.29) is 11.9 Å². The first-order chi connectivity index (χ1) is 6.83. The van der Waals surface area contributed by atoms with Crippen molar-refractivity contribution in [3.63, 3.8) is 0 Å². The van der Waals surface area contributed by atoms with E-state index in [9.17, 15) is 9.59 Å². The quantitative estimate of drug-likeness (QED) is 0.624. The number of carbonyl (C=O) groups is 2. The number of nitrogens with one attached hydrogen (secondary N) is 2. The van der Waals surface area contributed by atoms with Gasteiger partial charge in [-0.2, -0.15) is 0 Å². The lowest BCUT2D eigenvalue weighted by atomic mass is 10.1. The van der Waals surface area contributed by atoms with Gasteiger partial charge < -0.3 is 11.1 Å². The number of imide groups is 1. The summed E-state index contributed by atoms with van der Waals surface area (Å²) >= 11 is 0. The van der Waals surface area contributed by atoms with Crippen molar-refractivity contribution in [1.29, 1.82) is 0 Å². The van der Waals surface area contributed by atoms with E-state index in [1.54, 1.807) is 6.92 Å². The Kier molecular flexibility index (Phi) is 3.34. The average Bonchev–Trinajstić information content (AvgIpc) is 2.68. The molecule has 1 rings (SSSR count). The maximum Gasteiger partial charge on any atom is 0.318 e. The van der Waals surface area contributed by atoms with Gasteiger partial charge in [-0.1, -0.05) is 13.8 Å². The van der Waals surface area contributed by atoms with Crippen molar-refractivity contribution in [2.45, 2.75) is 33.2 Å². The van der Waals surface area contributed by atoms with Crippen molar-refractivity contribution in [2.75, 3.05) is 6.54 Å². The molecule has 1 saturated carbocycles. The minimum atomic E-state index is -0.805. The molecule has 1 fully saturated rings. The van der Waals surface area contributed by atoms with Gasteiger partial charge in [0.25, 0.3) is 0 Å². The molecular formula is C10H19N3O2. The highest BCUT2D eigenvalue weighted by Gasteiger charge is 2.45. The standard InChI is InChI=1S/C10H19N3O2/c1-6(8(14)13-9(11)15)12-5-7-4-10(7,2)3/h6-7,12H,4-5H2,1-3H3,(H3,11,13,14,15). The monoisotopic (exact) mass is 213 g/mol. The van der Waals surface area contributed by atoms with Gasteiger partial charge in [0.05, 0.1) is 6.04 Å². The van der Waals surface area contributed by atoms with Gasteiger partial charge >= 0.3 is 6.03 Å². The van der Waals surface area contributed by atoms with Crippen molar-refractivity contribution < 1.29 is 9.59 Å². The highest BCUT2D eigenvalue weighted by molar-refractivity contribution is 5.96. The summed E-state index contributed by atoms with van der Waals surface area (Å²) in [6.45, 7) is 6.93. The van der Waals surface area contributed by atoms with E-state index in [0.717, 1.165) is 6.54 Å². The Morgan fingerprint density at radius 1 is 1.53 bits per heavy atom. The van der Waals surface area contributed by atoms with Crippen LogP contribution >= 0.6 is 0 Å². The normalized spacial score (nSPS) is 24.3. The molecule has 3 amide bonds. The van der Waals surface area contributed by atoms with Crippen LogP contribution in [0.15, 0.2) is 0 Å². The lowest BCUT2D eigenvalue weighted by Gasteiger charge is -2.12.